The molecule has 2 unspecified atom stereocenters. The van der Waals surface area contributed by atoms with Crippen molar-refractivity contribution in [2.24, 2.45) is 11.8 Å². The molecule has 0 saturated carbocycles. The molecule has 4 amide bonds. The Hall–Kier alpha value is -3.56. The Labute approximate surface area is 248 Å². The Morgan fingerprint density at radius 3 is 1.12 bits per heavy atom. The number of rotatable bonds is 14. The van der Waals surface area contributed by atoms with Crippen LogP contribution in [-0.2, 0) is 38.4 Å². The number of unbranched alkanes of at least 4 members (excludes halogenated alkanes) is 8. The van der Waals surface area contributed by atoms with Crippen LogP contribution in [0.1, 0.15) is 119 Å². The van der Waals surface area contributed by atoms with E-state index in [1.165, 1.54) is 26.0 Å². The zero-order chi connectivity index (χ0) is 32.0. The van der Waals surface area contributed by atoms with Crippen LogP contribution < -0.4 is 0 Å². The van der Waals surface area contributed by atoms with Crippen molar-refractivity contribution >= 4 is 46.8 Å². The number of carbonyl (C=O) groups is 8. The van der Waals surface area contributed by atoms with E-state index in [2.05, 4.69) is 13.8 Å². The molecule has 2 heterocycles. The number of hydrogen-bond acceptors (Lipinski definition) is 8. The number of allylic oxidation sites excluding steroid dienone is 4. The average Bonchev–Trinajstić information content (AvgIpc) is 3.35. The van der Waals surface area contributed by atoms with E-state index in [1.807, 2.05) is 0 Å². The summed E-state index contributed by atoms with van der Waals surface area (Å²) < 4.78 is 0. The molecule has 2 atom stereocenters. The van der Waals surface area contributed by atoms with Crippen molar-refractivity contribution in [3.63, 3.8) is 0 Å². The predicted molar refractivity (Wildman–Crippen MR) is 156 cm³/mol. The van der Waals surface area contributed by atoms with E-state index in [4.69, 9.17) is 0 Å². The minimum atomic E-state index is -1.31. The summed E-state index contributed by atoms with van der Waals surface area (Å²) in [6, 6.07) is 0. The van der Waals surface area contributed by atoms with Crippen molar-refractivity contribution in [2.75, 3.05) is 0 Å². The van der Waals surface area contributed by atoms with Crippen molar-refractivity contribution < 1.29 is 38.4 Å². The average molecular weight is 587 g/mol. The van der Waals surface area contributed by atoms with Crippen molar-refractivity contribution in [2.45, 2.75) is 119 Å². The van der Waals surface area contributed by atoms with Gasteiger partial charge in [0.25, 0.3) is 11.8 Å². The van der Waals surface area contributed by atoms with E-state index in [9.17, 15) is 38.4 Å². The molecule has 10 nitrogen and oxygen atoms in total. The fourth-order valence-corrected chi connectivity index (χ4v) is 5.09. The van der Waals surface area contributed by atoms with Crippen LogP contribution in [0.4, 0.5) is 0 Å². The van der Waals surface area contributed by atoms with Gasteiger partial charge in [-0.05, 0) is 26.7 Å². The number of likely N-dealkylation sites (tertiary alicyclic amines) is 2. The molecule has 0 spiro atoms. The highest BCUT2D eigenvalue weighted by molar-refractivity contribution is 6.32. The molecule has 2 saturated heterocycles. The maximum Gasteiger partial charge on any atom is 0.252 e. The smallest absolute Gasteiger partial charge is 0.252 e. The number of carbonyl (C=O) groups excluding carboxylic acids is 8. The summed E-state index contributed by atoms with van der Waals surface area (Å²) in [7, 11) is 0. The van der Waals surface area contributed by atoms with Crippen molar-refractivity contribution in [3.8, 4) is 0 Å². The van der Waals surface area contributed by atoms with Crippen molar-refractivity contribution in [3.05, 3.63) is 23.5 Å². The first kappa shape index (κ1) is 36.5. The van der Waals surface area contributed by atoms with Gasteiger partial charge in [0.15, 0.2) is 35.0 Å². The Bertz CT molecular complexity index is 1050. The van der Waals surface area contributed by atoms with Gasteiger partial charge >= 0.3 is 0 Å². The first-order chi connectivity index (χ1) is 19.9. The number of Topliss-reactive ketones (excluding diaryl/α,β-unsaturated/α-hetero) is 4. The van der Waals surface area contributed by atoms with Crippen LogP contribution in [0.2, 0.25) is 0 Å². The molecule has 0 radical (unpaired) electrons. The summed E-state index contributed by atoms with van der Waals surface area (Å²) >= 11 is 0. The van der Waals surface area contributed by atoms with Gasteiger partial charge in [-0.3, -0.25) is 38.4 Å². The third-order valence-corrected chi connectivity index (χ3v) is 7.32. The Morgan fingerprint density at radius 1 is 0.571 bits per heavy atom. The monoisotopic (exact) mass is 586 g/mol. The molecule has 2 aliphatic heterocycles. The van der Waals surface area contributed by atoms with Gasteiger partial charge in [0.2, 0.25) is 11.8 Å². The molecule has 0 aromatic rings. The van der Waals surface area contributed by atoms with Gasteiger partial charge in [-0.15, -0.1) is 0 Å². The lowest BCUT2D eigenvalue weighted by molar-refractivity contribution is -0.146. The molecule has 2 aliphatic rings. The molecule has 10 heteroatoms. The van der Waals surface area contributed by atoms with Crippen LogP contribution >= 0.6 is 0 Å². The van der Waals surface area contributed by atoms with Crippen molar-refractivity contribution in [1.29, 1.82) is 0 Å². The van der Waals surface area contributed by atoms with E-state index >= 15 is 0 Å². The van der Waals surface area contributed by atoms with Crippen LogP contribution in [0.3, 0.4) is 0 Å². The minimum absolute atomic E-state index is 0.0248. The molecule has 232 valence electrons. The molecule has 0 N–H and O–H groups in total. The molecule has 0 aliphatic carbocycles. The molecule has 0 bridgehead atoms. The van der Waals surface area contributed by atoms with Crippen LogP contribution in [0.5, 0.6) is 0 Å². The maximum absolute atomic E-state index is 12.1. The van der Waals surface area contributed by atoms with Gasteiger partial charge in [-0.25, -0.2) is 9.80 Å². The van der Waals surface area contributed by atoms with Crippen LogP contribution in [0.15, 0.2) is 23.5 Å². The van der Waals surface area contributed by atoms with Gasteiger partial charge in [0.1, 0.15) is 0 Å². The maximum atomic E-state index is 12.1. The van der Waals surface area contributed by atoms with Gasteiger partial charge in [-0.1, -0.05) is 77.4 Å². The lowest BCUT2D eigenvalue weighted by Gasteiger charge is -2.11. The molecule has 0 aromatic carbocycles. The zero-order valence-corrected chi connectivity index (χ0v) is 26.0. The first-order valence-corrected chi connectivity index (χ1v) is 15.1. The van der Waals surface area contributed by atoms with Crippen molar-refractivity contribution in [1.82, 2.24) is 9.80 Å². The van der Waals surface area contributed by atoms with Gasteiger partial charge in [0, 0.05) is 26.7 Å². The summed E-state index contributed by atoms with van der Waals surface area (Å²) in [4.78, 5) is 97.4. The fourth-order valence-electron chi connectivity index (χ4n) is 5.09. The molecule has 2 fully saturated rings. The largest absolute Gasteiger partial charge is 0.298 e. The third kappa shape index (κ3) is 9.22. The van der Waals surface area contributed by atoms with Crippen LogP contribution in [-0.4, -0.2) is 56.6 Å². The third-order valence-electron chi connectivity index (χ3n) is 7.32. The van der Waals surface area contributed by atoms with E-state index < -0.39 is 47.0 Å². The number of nitrogens with zero attached hydrogens (tertiary/aromatic N) is 2. The highest BCUT2D eigenvalue weighted by Gasteiger charge is 2.49. The standard InChI is InChI=1S/2C16H23NO4/c2*1-4-6-7-8-9-10-13(19)14-15(20)12(5-2)17(11(3)18)16(14)21/h2*5,14H,4,6-10H2,1-3H3. The lowest BCUT2D eigenvalue weighted by atomic mass is 9.95. The molecule has 0 aromatic heterocycles. The SMILES string of the molecule is CC=C1C(=O)C(C(=O)CCCCCCC)C(=O)N1C(C)=O.CC=C1C(=O)C(C(=O)CCCCCCC)C(=O)N1C(C)=O. The summed E-state index contributed by atoms with van der Waals surface area (Å²) in [5, 5.41) is 0. The number of ketones is 4. The summed E-state index contributed by atoms with van der Waals surface area (Å²) in [6.45, 7) is 9.80. The highest BCUT2D eigenvalue weighted by atomic mass is 16.2. The zero-order valence-electron chi connectivity index (χ0n) is 26.0. The Balaban J connectivity index is 0.000000420. The van der Waals surface area contributed by atoms with E-state index in [0.29, 0.717) is 12.8 Å². The number of imide groups is 2. The minimum Gasteiger partial charge on any atom is -0.298 e. The normalized spacial score (nSPS) is 20.4. The number of hydrogen-bond donors (Lipinski definition) is 0. The predicted octanol–water partition coefficient (Wildman–Crippen LogP) is 4.79. The second-order valence-corrected chi connectivity index (χ2v) is 10.6. The number of amides is 4. The Kier molecular flexibility index (Phi) is 15.7. The van der Waals surface area contributed by atoms with E-state index in [-0.39, 0.29) is 35.8 Å². The summed E-state index contributed by atoms with van der Waals surface area (Å²) in [5.41, 5.74) is 0.0497. The second-order valence-electron chi connectivity index (χ2n) is 10.6. The molecule has 2 rings (SSSR count). The topological polar surface area (TPSA) is 143 Å². The molecule has 42 heavy (non-hydrogen) atoms. The highest BCUT2D eigenvalue weighted by Crippen LogP contribution is 2.28. The molecular weight excluding hydrogens is 540 g/mol. The summed E-state index contributed by atoms with van der Waals surface area (Å²) in [6.07, 6.45) is 13.0. The quantitative estimate of drug-likeness (QED) is 0.161. The van der Waals surface area contributed by atoms with E-state index in [1.54, 1.807) is 13.8 Å². The Morgan fingerprint density at radius 2 is 0.881 bits per heavy atom. The fraction of sp³-hybridized carbons (Fsp3) is 0.625. The van der Waals surface area contributed by atoms with Gasteiger partial charge < -0.3 is 0 Å². The second kappa shape index (κ2) is 18.1. The van der Waals surface area contributed by atoms with E-state index in [0.717, 1.165) is 61.2 Å². The van der Waals surface area contributed by atoms with Gasteiger partial charge in [0.05, 0.1) is 11.4 Å². The lowest BCUT2D eigenvalue weighted by Crippen LogP contribution is -2.33. The first-order valence-electron chi connectivity index (χ1n) is 15.1. The molecular formula is C32H46N2O8. The van der Waals surface area contributed by atoms with Crippen LogP contribution in [0.25, 0.3) is 0 Å². The van der Waals surface area contributed by atoms with Gasteiger partial charge in [-0.2, -0.15) is 0 Å². The van der Waals surface area contributed by atoms with Crippen LogP contribution in [0, 0.1) is 11.8 Å². The summed E-state index contributed by atoms with van der Waals surface area (Å²) in [5.74, 6) is -6.91.